The standard InChI is InChI=1S/C28H24/c1-2-8-21(9-3-1)16-22-14-15-27-19-25-12-5-4-10-23(25)18-24-11-6-7-13-26(24)20-28(27)17-22/h1-15,17H,16,18-20H2. The summed E-state index contributed by atoms with van der Waals surface area (Å²) in [5.74, 6) is 0. The molecule has 0 nitrogen and oxygen atoms in total. The summed E-state index contributed by atoms with van der Waals surface area (Å²) < 4.78 is 0. The van der Waals surface area contributed by atoms with E-state index in [1.165, 1.54) is 44.5 Å². The second-order valence-corrected chi connectivity index (χ2v) is 7.83. The highest BCUT2D eigenvalue weighted by Crippen LogP contribution is 2.28. The zero-order valence-electron chi connectivity index (χ0n) is 16.1. The molecule has 1 aliphatic carbocycles. The molecule has 4 aromatic rings. The molecule has 0 saturated heterocycles. The van der Waals surface area contributed by atoms with E-state index in [4.69, 9.17) is 0 Å². The summed E-state index contributed by atoms with van der Waals surface area (Å²) in [6, 6.07) is 35.8. The van der Waals surface area contributed by atoms with E-state index in [-0.39, 0.29) is 0 Å². The van der Waals surface area contributed by atoms with Crippen LogP contribution in [0.3, 0.4) is 0 Å². The van der Waals surface area contributed by atoms with Gasteiger partial charge in [-0.15, -0.1) is 0 Å². The Morgan fingerprint density at radius 2 is 0.857 bits per heavy atom. The Kier molecular flexibility index (Phi) is 4.54. The molecule has 0 heterocycles. The van der Waals surface area contributed by atoms with Crippen molar-refractivity contribution in [3.05, 3.63) is 142 Å². The van der Waals surface area contributed by atoms with Crippen molar-refractivity contribution in [2.75, 3.05) is 0 Å². The minimum Gasteiger partial charge on any atom is -0.0622 e. The van der Waals surface area contributed by atoms with Crippen LogP contribution in [0.1, 0.15) is 44.5 Å². The Morgan fingerprint density at radius 1 is 0.393 bits per heavy atom. The molecule has 0 aromatic heterocycles. The maximum absolute atomic E-state index is 2.44. The molecule has 28 heavy (non-hydrogen) atoms. The van der Waals surface area contributed by atoms with Gasteiger partial charge in [-0.1, -0.05) is 97.1 Å². The van der Waals surface area contributed by atoms with Crippen LogP contribution >= 0.6 is 0 Å². The maximum atomic E-state index is 2.44. The summed E-state index contributed by atoms with van der Waals surface area (Å²) in [4.78, 5) is 0. The molecule has 1 aliphatic rings. The number of hydrogen-bond acceptors (Lipinski definition) is 0. The summed E-state index contributed by atoms with van der Waals surface area (Å²) in [6.07, 6.45) is 4.05. The van der Waals surface area contributed by atoms with Crippen LogP contribution in [0.5, 0.6) is 0 Å². The third kappa shape index (κ3) is 3.51. The largest absolute Gasteiger partial charge is 0.0622 e. The van der Waals surface area contributed by atoms with Crippen molar-refractivity contribution < 1.29 is 0 Å². The fourth-order valence-electron chi connectivity index (χ4n) is 4.38. The van der Waals surface area contributed by atoms with E-state index in [9.17, 15) is 0 Å². The van der Waals surface area contributed by atoms with E-state index in [1.807, 2.05) is 0 Å². The third-order valence-electron chi connectivity index (χ3n) is 5.90. The Labute approximate surface area is 167 Å². The van der Waals surface area contributed by atoms with Gasteiger partial charge in [-0.25, -0.2) is 0 Å². The van der Waals surface area contributed by atoms with Crippen LogP contribution in [0, 0.1) is 0 Å². The quantitative estimate of drug-likeness (QED) is 0.343. The van der Waals surface area contributed by atoms with Crippen LogP contribution in [0.2, 0.25) is 0 Å². The first kappa shape index (κ1) is 17.0. The van der Waals surface area contributed by atoms with Gasteiger partial charge < -0.3 is 0 Å². The van der Waals surface area contributed by atoms with Crippen molar-refractivity contribution in [1.82, 2.24) is 0 Å². The molecule has 0 fully saturated rings. The van der Waals surface area contributed by atoms with Crippen molar-refractivity contribution >= 4 is 0 Å². The first-order chi connectivity index (χ1) is 13.8. The molecule has 0 spiro atoms. The first-order valence-electron chi connectivity index (χ1n) is 10.1. The lowest BCUT2D eigenvalue weighted by Crippen LogP contribution is -2.00. The van der Waals surface area contributed by atoms with Gasteiger partial charge in [0.1, 0.15) is 0 Å². The van der Waals surface area contributed by atoms with Crippen LogP contribution < -0.4 is 0 Å². The van der Waals surface area contributed by atoms with Gasteiger partial charge in [-0.2, -0.15) is 0 Å². The van der Waals surface area contributed by atoms with Crippen molar-refractivity contribution in [2.45, 2.75) is 25.7 Å². The normalized spacial score (nSPS) is 12.7. The van der Waals surface area contributed by atoms with Gasteiger partial charge in [0.25, 0.3) is 0 Å². The minimum atomic E-state index is 0.992. The lowest BCUT2D eigenvalue weighted by Gasteiger charge is -2.13. The van der Waals surface area contributed by atoms with Gasteiger partial charge in [-0.05, 0) is 70.2 Å². The molecule has 4 aromatic carbocycles. The summed E-state index contributed by atoms with van der Waals surface area (Å²) in [6.45, 7) is 0. The van der Waals surface area contributed by atoms with E-state index in [1.54, 1.807) is 0 Å². The molecule has 0 bridgehead atoms. The zero-order valence-corrected chi connectivity index (χ0v) is 16.1. The molecular formula is C28H24. The molecule has 0 saturated carbocycles. The fourth-order valence-corrected chi connectivity index (χ4v) is 4.38. The maximum Gasteiger partial charge on any atom is -0.00200 e. The second kappa shape index (κ2) is 7.48. The molecule has 0 radical (unpaired) electrons. The molecule has 0 N–H and O–H groups in total. The molecule has 136 valence electrons. The van der Waals surface area contributed by atoms with E-state index >= 15 is 0 Å². The van der Waals surface area contributed by atoms with E-state index in [0.29, 0.717) is 0 Å². The molecule has 0 amide bonds. The Hall–Kier alpha value is -3.12. The molecule has 0 atom stereocenters. The predicted molar refractivity (Wildman–Crippen MR) is 117 cm³/mol. The molecule has 5 rings (SSSR count). The van der Waals surface area contributed by atoms with Crippen LogP contribution in [0.15, 0.2) is 97.1 Å². The lowest BCUT2D eigenvalue weighted by molar-refractivity contribution is 1.07. The average molecular weight is 361 g/mol. The molecular weight excluding hydrogens is 336 g/mol. The smallest absolute Gasteiger partial charge is 0.00200 e. The number of rotatable bonds is 2. The number of fused-ring (bicyclic) bond motifs is 3. The van der Waals surface area contributed by atoms with Crippen LogP contribution in [0.4, 0.5) is 0 Å². The van der Waals surface area contributed by atoms with Gasteiger partial charge in [-0.3, -0.25) is 0 Å². The van der Waals surface area contributed by atoms with Gasteiger partial charge >= 0.3 is 0 Å². The van der Waals surface area contributed by atoms with Crippen LogP contribution in [-0.4, -0.2) is 0 Å². The van der Waals surface area contributed by atoms with Gasteiger partial charge in [0.2, 0.25) is 0 Å². The van der Waals surface area contributed by atoms with Gasteiger partial charge in [0.05, 0.1) is 0 Å². The summed E-state index contributed by atoms with van der Waals surface area (Å²) >= 11 is 0. The minimum absolute atomic E-state index is 0.992. The molecule has 0 aliphatic heterocycles. The van der Waals surface area contributed by atoms with Crippen LogP contribution in [-0.2, 0) is 25.7 Å². The number of hydrogen-bond donors (Lipinski definition) is 0. The van der Waals surface area contributed by atoms with Crippen molar-refractivity contribution in [3.63, 3.8) is 0 Å². The molecule has 0 heteroatoms. The average Bonchev–Trinajstić information content (AvgIpc) is 2.79. The van der Waals surface area contributed by atoms with Gasteiger partial charge in [0.15, 0.2) is 0 Å². The summed E-state index contributed by atoms with van der Waals surface area (Å²) in [5, 5.41) is 0. The zero-order chi connectivity index (χ0) is 18.8. The highest BCUT2D eigenvalue weighted by Gasteiger charge is 2.14. The SMILES string of the molecule is c1ccc(Cc2ccc3c(c2)Cc2ccccc2Cc2ccccc2C3)cc1. The Bertz CT molecular complexity index is 1100. The Balaban J connectivity index is 1.59. The highest BCUT2D eigenvalue weighted by atomic mass is 14.2. The lowest BCUT2D eigenvalue weighted by atomic mass is 9.92. The Morgan fingerprint density at radius 3 is 1.43 bits per heavy atom. The van der Waals surface area contributed by atoms with Crippen molar-refractivity contribution in [2.24, 2.45) is 0 Å². The predicted octanol–water partition coefficient (Wildman–Crippen LogP) is 6.36. The van der Waals surface area contributed by atoms with E-state index in [0.717, 1.165) is 25.7 Å². The van der Waals surface area contributed by atoms with Gasteiger partial charge in [0, 0.05) is 0 Å². The van der Waals surface area contributed by atoms with Crippen molar-refractivity contribution in [3.8, 4) is 0 Å². The number of benzene rings is 4. The second-order valence-electron chi connectivity index (χ2n) is 7.83. The van der Waals surface area contributed by atoms with E-state index < -0.39 is 0 Å². The summed E-state index contributed by atoms with van der Waals surface area (Å²) in [5.41, 5.74) is 11.5. The first-order valence-corrected chi connectivity index (χ1v) is 10.1. The topological polar surface area (TPSA) is 0 Å². The highest BCUT2D eigenvalue weighted by molar-refractivity contribution is 5.47. The van der Waals surface area contributed by atoms with Crippen molar-refractivity contribution in [1.29, 1.82) is 0 Å². The third-order valence-corrected chi connectivity index (χ3v) is 5.90. The fraction of sp³-hybridized carbons (Fsp3) is 0.143. The monoisotopic (exact) mass is 360 g/mol. The van der Waals surface area contributed by atoms with Crippen LogP contribution in [0.25, 0.3) is 0 Å². The molecule has 0 unspecified atom stereocenters. The summed E-state index contributed by atoms with van der Waals surface area (Å²) in [7, 11) is 0. The van der Waals surface area contributed by atoms with E-state index in [2.05, 4.69) is 97.1 Å².